The monoisotopic (exact) mass is 536 g/mol. The predicted octanol–water partition coefficient (Wildman–Crippen LogP) is 3.84. The summed E-state index contributed by atoms with van der Waals surface area (Å²) in [5, 5.41) is 8.82. The van der Waals surface area contributed by atoms with E-state index in [-0.39, 0.29) is 31.7 Å². The highest BCUT2D eigenvalue weighted by Gasteiger charge is 2.30. The van der Waals surface area contributed by atoms with Crippen molar-refractivity contribution < 1.29 is 28.6 Å². The van der Waals surface area contributed by atoms with Crippen molar-refractivity contribution in [3.05, 3.63) is 53.1 Å². The van der Waals surface area contributed by atoms with Gasteiger partial charge >= 0.3 is 6.09 Å². The van der Waals surface area contributed by atoms with Crippen LogP contribution in [-0.2, 0) is 22.4 Å². The van der Waals surface area contributed by atoms with Gasteiger partial charge in [0.15, 0.2) is 18.1 Å². The van der Waals surface area contributed by atoms with Gasteiger partial charge in [-0.25, -0.2) is 4.79 Å². The maximum atomic E-state index is 13.2. The van der Waals surface area contributed by atoms with Crippen LogP contribution in [0.1, 0.15) is 56.1 Å². The van der Waals surface area contributed by atoms with E-state index in [1.54, 1.807) is 60.9 Å². The summed E-state index contributed by atoms with van der Waals surface area (Å²) in [5.74, 6) is 0.147. The molecular weight excluding hydrogens is 500 g/mol. The summed E-state index contributed by atoms with van der Waals surface area (Å²) in [6.07, 6.45) is 0.551. The van der Waals surface area contributed by atoms with Crippen LogP contribution in [0.2, 0.25) is 0 Å². The first-order valence-electron chi connectivity index (χ1n) is 12.9. The molecule has 1 aliphatic heterocycles. The molecule has 0 spiro atoms. The number of hydrogen-bond acceptors (Lipinski definition) is 7. The third-order valence-electron chi connectivity index (χ3n) is 6.19. The molecule has 0 aliphatic carbocycles. The highest BCUT2D eigenvalue weighted by Crippen LogP contribution is 2.34. The number of nitrogens with two attached hydrogens (primary N) is 1. The fourth-order valence-electron chi connectivity index (χ4n) is 4.55. The Bertz CT molecular complexity index is 1260. The minimum Gasteiger partial charge on any atom is -0.488 e. The number of rotatable bonds is 10. The minimum absolute atomic E-state index is 0.111. The smallest absolute Gasteiger partial charge is 0.410 e. The van der Waals surface area contributed by atoms with Gasteiger partial charge in [-0.3, -0.25) is 9.59 Å². The Morgan fingerprint density at radius 3 is 2.41 bits per heavy atom. The van der Waals surface area contributed by atoms with Gasteiger partial charge in [0.05, 0.1) is 17.8 Å². The van der Waals surface area contributed by atoms with Crippen LogP contribution in [0.4, 0.5) is 10.5 Å². The molecule has 1 heterocycles. The summed E-state index contributed by atoms with van der Waals surface area (Å²) < 4.78 is 17.0. The van der Waals surface area contributed by atoms with E-state index in [0.29, 0.717) is 42.1 Å². The second-order valence-corrected chi connectivity index (χ2v) is 10.4. The maximum absolute atomic E-state index is 13.2. The van der Waals surface area contributed by atoms with Crippen molar-refractivity contribution in [2.24, 2.45) is 5.73 Å². The van der Waals surface area contributed by atoms with Crippen molar-refractivity contribution in [1.29, 1.82) is 5.26 Å². The van der Waals surface area contributed by atoms with Gasteiger partial charge in [-0.05, 0) is 69.9 Å². The molecule has 2 N–H and O–H groups in total. The van der Waals surface area contributed by atoms with Gasteiger partial charge in [-0.15, -0.1) is 0 Å². The third kappa shape index (κ3) is 7.63. The number of nitriles is 1. The molecule has 10 heteroatoms. The number of fused-ring (bicyclic) bond motifs is 1. The Morgan fingerprint density at radius 2 is 1.82 bits per heavy atom. The first-order chi connectivity index (χ1) is 18.4. The standard InChI is InChI=1S/C29H36N4O6/c1-19(16-21-17-22-10-12-33(20(2)34)26(22)23(18-21)27(31)35)32(28(36)39-29(3,4)5)13-15-38-25-9-7-6-8-24(25)37-14-11-30/h6-9,17-19H,10,12-16H2,1-5H3,(H2,31,35). The number of nitrogens with zero attached hydrogens (tertiary/aromatic N) is 3. The predicted molar refractivity (Wildman–Crippen MR) is 146 cm³/mol. The van der Waals surface area contributed by atoms with Crippen molar-refractivity contribution >= 4 is 23.6 Å². The van der Waals surface area contributed by atoms with Gasteiger partial charge in [0.2, 0.25) is 5.91 Å². The fraction of sp³-hybridized carbons (Fsp3) is 0.448. The zero-order chi connectivity index (χ0) is 28.7. The first kappa shape index (κ1) is 29.3. The van der Waals surface area contributed by atoms with E-state index < -0.39 is 17.6 Å². The molecule has 2 aromatic carbocycles. The normalized spacial score (nSPS) is 13.2. The zero-order valence-electron chi connectivity index (χ0n) is 23.2. The van der Waals surface area contributed by atoms with Gasteiger partial charge < -0.3 is 29.7 Å². The zero-order valence-corrected chi connectivity index (χ0v) is 23.2. The van der Waals surface area contributed by atoms with Crippen LogP contribution in [-0.4, -0.2) is 60.8 Å². The van der Waals surface area contributed by atoms with Crippen LogP contribution in [0.15, 0.2) is 36.4 Å². The molecule has 0 saturated carbocycles. The number of anilines is 1. The van der Waals surface area contributed by atoms with Gasteiger partial charge in [-0.1, -0.05) is 18.2 Å². The number of carbonyl (C=O) groups is 3. The van der Waals surface area contributed by atoms with E-state index in [1.165, 1.54) is 6.92 Å². The van der Waals surface area contributed by atoms with E-state index in [0.717, 1.165) is 11.1 Å². The molecule has 0 aromatic heterocycles. The molecule has 2 aromatic rings. The second-order valence-electron chi connectivity index (χ2n) is 10.4. The van der Waals surface area contributed by atoms with Crippen LogP contribution in [0.5, 0.6) is 11.5 Å². The maximum Gasteiger partial charge on any atom is 0.410 e. The molecule has 1 atom stereocenters. The van der Waals surface area contributed by atoms with Gasteiger partial charge in [0.1, 0.15) is 18.3 Å². The van der Waals surface area contributed by atoms with E-state index in [2.05, 4.69) is 0 Å². The molecular formula is C29H36N4O6. The van der Waals surface area contributed by atoms with Crippen molar-refractivity contribution in [2.75, 3.05) is 31.2 Å². The average Bonchev–Trinajstić information content (AvgIpc) is 3.28. The number of para-hydroxylation sites is 2. The lowest BCUT2D eigenvalue weighted by Gasteiger charge is -2.32. The molecule has 1 unspecified atom stereocenters. The largest absolute Gasteiger partial charge is 0.488 e. The average molecular weight is 537 g/mol. The number of benzene rings is 2. The highest BCUT2D eigenvalue weighted by molar-refractivity contribution is 6.05. The lowest BCUT2D eigenvalue weighted by atomic mass is 9.97. The fourth-order valence-corrected chi connectivity index (χ4v) is 4.55. The topological polar surface area (TPSA) is 135 Å². The number of carbonyl (C=O) groups excluding carboxylic acids is 3. The van der Waals surface area contributed by atoms with Gasteiger partial charge in [0.25, 0.3) is 5.91 Å². The second kappa shape index (κ2) is 12.5. The van der Waals surface area contributed by atoms with Crippen LogP contribution in [0.3, 0.4) is 0 Å². The summed E-state index contributed by atoms with van der Waals surface area (Å²) in [4.78, 5) is 40.7. The Kier molecular flexibility index (Phi) is 9.41. The highest BCUT2D eigenvalue weighted by atomic mass is 16.6. The van der Waals surface area contributed by atoms with Gasteiger partial charge in [0, 0.05) is 19.5 Å². The Morgan fingerprint density at radius 1 is 1.15 bits per heavy atom. The Hall–Kier alpha value is -4.26. The summed E-state index contributed by atoms with van der Waals surface area (Å²) in [6, 6.07) is 12.3. The summed E-state index contributed by atoms with van der Waals surface area (Å²) in [7, 11) is 0. The lowest BCUT2D eigenvalue weighted by Crippen LogP contribution is -2.45. The molecule has 1 aliphatic rings. The summed E-state index contributed by atoms with van der Waals surface area (Å²) in [5.41, 5.74) is 7.56. The van der Waals surface area contributed by atoms with Crippen LogP contribution >= 0.6 is 0 Å². The van der Waals surface area contributed by atoms with Crippen molar-refractivity contribution in [3.8, 4) is 17.6 Å². The molecule has 0 radical (unpaired) electrons. The Balaban J connectivity index is 1.81. The molecule has 39 heavy (non-hydrogen) atoms. The molecule has 0 bridgehead atoms. The summed E-state index contributed by atoms with van der Waals surface area (Å²) in [6.45, 7) is 9.51. The number of primary amides is 1. The van der Waals surface area contributed by atoms with Crippen LogP contribution in [0.25, 0.3) is 0 Å². The molecule has 3 amide bonds. The molecule has 10 nitrogen and oxygen atoms in total. The summed E-state index contributed by atoms with van der Waals surface area (Å²) >= 11 is 0. The first-order valence-corrected chi connectivity index (χ1v) is 12.9. The molecule has 0 fully saturated rings. The van der Waals surface area contributed by atoms with E-state index >= 15 is 0 Å². The molecule has 0 saturated heterocycles. The number of hydrogen-bond donors (Lipinski definition) is 1. The van der Waals surface area contributed by atoms with E-state index in [1.807, 2.05) is 19.1 Å². The number of ether oxygens (including phenoxy) is 3. The SMILES string of the molecule is CC(=O)N1CCc2cc(CC(C)N(CCOc3ccccc3OCC#N)C(=O)OC(C)(C)C)cc(C(N)=O)c21. The molecule has 3 rings (SSSR count). The van der Waals surface area contributed by atoms with Crippen LogP contribution in [0, 0.1) is 11.3 Å². The van der Waals surface area contributed by atoms with E-state index in [4.69, 9.17) is 25.2 Å². The van der Waals surface area contributed by atoms with Gasteiger partial charge in [-0.2, -0.15) is 5.26 Å². The number of amides is 3. The third-order valence-corrected chi connectivity index (χ3v) is 6.19. The van der Waals surface area contributed by atoms with E-state index in [9.17, 15) is 14.4 Å². The van der Waals surface area contributed by atoms with Crippen molar-refractivity contribution in [3.63, 3.8) is 0 Å². The minimum atomic E-state index is -0.698. The van der Waals surface area contributed by atoms with Crippen LogP contribution < -0.4 is 20.1 Å². The quantitative estimate of drug-likeness (QED) is 0.487. The Labute approximate surface area is 229 Å². The molecule has 208 valence electrons. The lowest BCUT2D eigenvalue weighted by molar-refractivity contribution is -0.116. The van der Waals surface area contributed by atoms with Crippen molar-refractivity contribution in [2.45, 2.75) is 59.1 Å². The van der Waals surface area contributed by atoms with Crippen molar-refractivity contribution in [1.82, 2.24) is 4.90 Å².